The molecule has 1 aromatic rings. The van der Waals surface area contributed by atoms with Crippen LogP contribution in [0.4, 0.5) is 4.79 Å². The lowest BCUT2D eigenvalue weighted by Gasteiger charge is -2.43. The number of ether oxygens (including phenoxy) is 2. The summed E-state index contributed by atoms with van der Waals surface area (Å²) in [5.74, 6) is 1.15. The van der Waals surface area contributed by atoms with Crippen LogP contribution in [0.5, 0.6) is 5.75 Å². The van der Waals surface area contributed by atoms with Crippen molar-refractivity contribution in [2.75, 3.05) is 47.0 Å². The minimum atomic E-state index is -1.09. The molecule has 1 heterocycles. The van der Waals surface area contributed by atoms with Gasteiger partial charge < -0.3 is 30.1 Å². The molecule has 1 fully saturated rings. The number of hydrogen-bond donors (Lipinski definition) is 3. The average Bonchev–Trinajstić information content (AvgIpc) is 2.85. The van der Waals surface area contributed by atoms with Crippen molar-refractivity contribution in [2.45, 2.75) is 84.8 Å². The van der Waals surface area contributed by atoms with E-state index in [0.717, 1.165) is 50.0 Å². The Balaban J connectivity index is 2.28. The lowest BCUT2D eigenvalue weighted by Crippen LogP contribution is -2.54. The van der Waals surface area contributed by atoms with Gasteiger partial charge in [0.15, 0.2) is 0 Å². The predicted octanol–water partition coefficient (Wildman–Crippen LogP) is 5.17. The van der Waals surface area contributed by atoms with Gasteiger partial charge in [0.1, 0.15) is 5.75 Å². The van der Waals surface area contributed by atoms with E-state index in [1.165, 1.54) is 0 Å². The zero-order valence-electron chi connectivity index (χ0n) is 24.4. The number of hydrogen-bond acceptors (Lipinski definition) is 5. The lowest BCUT2D eigenvalue weighted by molar-refractivity contribution is -0.0583. The van der Waals surface area contributed by atoms with Crippen molar-refractivity contribution in [1.29, 1.82) is 0 Å². The summed E-state index contributed by atoms with van der Waals surface area (Å²) in [5, 5.41) is 18.9. The molecule has 0 radical (unpaired) electrons. The first-order valence-electron chi connectivity index (χ1n) is 14.1. The van der Waals surface area contributed by atoms with E-state index in [1.54, 1.807) is 7.11 Å². The van der Waals surface area contributed by atoms with Crippen LogP contribution >= 0.6 is 0 Å². The summed E-state index contributed by atoms with van der Waals surface area (Å²) >= 11 is 0. The summed E-state index contributed by atoms with van der Waals surface area (Å²) in [6, 6.07) is 7.94. The summed E-state index contributed by atoms with van der Waals surface area (Å²) in [4.78, 5) is 15.2. The maximum Gasteiger partial charge on any atom is 0.317 e. The summed E-state index contributed by atoms with van der Waals surface area (Å²) < 4.78 is 11.5. The number of likely N-dealkylation sites (tertiary alicyclic amines) is 1. The van der Waals surface area contributed by atoms with Crippen molar-refractivity contribution >= 4 is 6.03 Å². The molecule has 1 saturated heterocycles. The maximum atomic E-state index is 13.3. The smallest absolute Gasteiger partial charge is 0.317 e. The number of rotatable bonds is 14. The van der Waals surface area contributed by atoms with Gasteiger partial charge in [-0.2, -0.15) is 0 Å². The van der Waals surface area contributed by atoms with Gasteiger partial charge in [0.05, 0.1) is 12.2 Å². The molecule has 2 rings (SSSR count). The van der Waals surface area contributed by atoms with Crippen LogP contribution in [0.3, 0.4) is 0 Å². The molecule has 212 valence electrons. The second-order valence-electron chi connectivity index (χ2n) is 12.3. The molecule has 1 aromatic carbocycles. The number of urea groups is 1. The zero-order valence-corrected chi connectivity index (χ0v) is 24.4. The Morgan fingerprint density at radius 2 is 1.95 bits per heavy atom. The summed E-state index contributed by atoms with van der Waals surface area (Å²) in [5.41, 5.74) is -0.260. The van der Waals surface area contributed by atoms with Crippen LogP contribution < -0.4 is 15.4 Å². The normalized spacial score (nSPS) is 18.9. The molecule has 3 atom stereocenters. The molecular weight excluding hydrogens is 466 g/mol. The van der Waals surface area contributed by atoms with E-state index in [0.29, 0.717) is 38.6 Å². The highest BCUT2D eigenvalue weighted by Gasteiger charge is 2.43. The van der Waals surface area contributed by atoms with E-state index >= 15 is 0 Å². The van der Waals surface area contributed by atoms with Crippen molar-refractivity contribution in [2.24, 2.45) is 17.3 Å². The Labute approximate surface area is 225 Å². The third-order valence-electron chi connectivity index (χ3n) is 7.09. The highest BCUT2D eigenvalue weighted by atomic mass is 16.5. The van der Waals surface area contributed by atoms with Crippen LogP contribution in [0.15, 0.2) is 24.3 Å². The quantitative estimate of drug-likeness (QED) is 0.295. The zero-order chi connectivity index (χ0) is 27.5. The van der Waals surface area contributed by atoms with Gasteiger partial charge in [-0.1, -0.05) is 52.8 Å². The molecule has 0 bridgehead atoms. The van der Waals surface area contributed by atoms with Crippen molar-refractivity contribution in [3.63, 3.8) is 0 Å². The van der Waals surface area contributed by atoms with Crippen LogP contribution in [0.1, 0.15) is 78.7 Å². The van der Waals surface area contributed by atoms with Crippen molar-refractivity contribution in [3.8, 4) is 5.75 Å². The van der Waals surface area contributed by atoms with Crippen molar-refractivity contribution in [3.05, 3.63) is 29.8 Å². The number of nitrogens with one attached hydrogen (secondary N) is 2. The highest BCUT2D eigenvalue weighted by molar-refractivity contribution is 5.74. The summed E-state index contributed by atoms with van der Waals surface area (Å²) in [6.07, 6.45) is 4.96. The standard InChI is InChI=1S/C30H53N3O4/c1-23(2)19-25(20-31-6)32-28(34)33-17-12-13-24(21-33)30(35,16-10-11-18-36-7)26-14-8-9-15-27(26)37-22-29(3,4)5/h8-9,14-15,23-25,31,35H,10-13,16-22H2,1-7H3,(H,32,34). The van der Waals surface area contributed by atoms with Gasteiger partial charge >= 0.3 is 6.03 Å². The van der Waals surface area contributed by atoms with E-state index in [1.807, 2.05) is 36.2 Å². The fourth-order valence-electron chi connectivity index (χ4n) is 5.27. The molecule has 1 aliphatic heterocycles. The Bertz CT molecular complexity index is 810. The van der Waals surface area contributed by atoms with Crippen LogP contribution in [0.2, 0.25) is 0 Å². The first kappa shape index (κ1) is 31.4. The monoisotopic (exact) mass is 519 g/mol. The Morgan fingerprint density at radius 1 is 1.22 bits per heavy atom. The van der Waals surface area contributed by atoms with E-state index in [4.69, 9.17) is 9.47 Å². The molecule has 0 saturated carbocycles. The Kier molecular flexibility index (Phi) is 12.7. The Hall–Kier alpha value is -1.83. The summed E-state index contributed by atoms with van der Waals surface area (Å²) in [7, 11) is 3.62. The second-order valence-corrected chi connectivity index (χ2v) is 12.3. The number of piperidine rings is 1. The molecule has 3 N–H and O–H groups in total. The number of nitrogens with zero attached hydrogens (tertiary/aromatic N) is 1. The number of likely N-dealkylation sites (N-methyl/N-ethyl adjacent to an activating group) is 1. The van der Waals surface area contributed by atoms with E-state index in [2.05, 4.69) is 45.3 Å². The predicted molar refractivity (Wildman–Crippen MR) is 151 cm³/mol. The van der Waals surface area contributed by atoms with Crippen molar-refractivity contribution < 1.29 is 19.4 Å². The van der Waals surface area contributed by atoms with E-state index in [9.17, 15) is 9.90 Å². The minimum absolute atomic E-state index is 0.00327. The van der Waals surface area contributed by atoms with Gasteiger partial charge in [-0.15, -0.1) is 0 Å². The van der Waals surface area contributed by atoms with Crippen LogP contribution in [0.25, 0.3) is 0 Å². The molecule has 37 heavy (non-hydrogen) atoms. The third kappa shape index (κ3) is 10.1. The fraction of sp³-hybridized carbons (Fsp3) is 0.767. The van der Waals surface area contributed by atoms with Gasteiger partial charge in [-0.25, -0.2) is 4.79 Å². The van der Waals surface area contributed by atoms with Gasteiger partial charge in [-0.05, 0) is 63.0 Å². The molecule has 7 nitrogen and oxygen atoms in total. The molecule has 0 aromatic heterocycles. The van der Waals surface area contributed by atoms with Crippen LogP contribution in [-0.4, -0.2) is 69.1 Å². The minimum Gasteiger partial charge on any atom is -0.493 e. The average molecular weight is 520 g/mol. The third-order valence-corrected chi connectivity index (χ3v) is 7.09. The van der Waals surface area contributed by atoms with Gasteiger partial charge in [-0.3, -0.25) is 0 Å². The fourth-order valence-corrected chi connectivity index (χ4v) is 5.27. The lowest BCUT2D eigenvalue weighted by atomic mass is 9.73. The molecule has 0 aliphatic carbocycles. The number of para-hydroxylation sites is 1. The number of methoxy groups -OCH3 is 1. The first-order valence-corrected chi connectivity index (χ1v) is 14.1. The maximum absolute atomic E-state index is 13.3. The van der Waals surface area contributed by atoms with Gasteiger partial charge in [0, 0.05) is 50.9 Å². The van der Waals surface area contributed by atoms with Gasteiger partial charge in [0.25, 0.3) is 0 Å². The molecule has 1 aliphatic rings. The van der Waals surface area contributed by atoms with Crippen LogP contribution in [-0.2, 0) is 10.3 Å². The Morgan fingerprint density at radius 3 is 2.59 bits per heavy atom. The largest absolute Gasteiger partial charge is 0.493 e. The van der Waals surface area contributed by atoms with Gasteiger partial charge in [0.2, 0.25) is 0 Å². The number of aliphatic hydroxyl groups is 1. The van der Waals surface area contributed by atoms with Crippen LogP contribution in [0, 0.1) is 17.3 Å². The number of unbranched alkanes of at least 4 members (excludes halogenated alkanes) is 1. The number of amides is 2. The SMILES string of the molecule is CNCC(CC(C)C)NC(=O)N1CCCC(C(O)(CCCCOC)c2ccccc2OCC(C)(C)C)C1. The number of carbonyl (C=O) groups excluding carboxylic acids is 1. The topological polar surface area (TPSA) is 83.1 Å². The molecular formula is C30H53N3O4. The van der Waals surface area contributed by atoms with E-state index < -0.39 is 5.60 Å². The summed E-state index contributed by atoms with van der Waals surface area (Å²) in [6.45, 7) is 14.0. The highest BCUT2D eigenvalue weighted by Crippen LogP contribution is 2.43. The molecule has 0 spiro atoms. The molecule has 2 amide bonds. The first-order chi connectivity index (χ1) is 17.5. The molecule has 3 unspecified atom stereocenters. The van der Waals surface area contributed by atoms with Crippen molar-refractivity contribution in [1.82, 2.24) is 15.5 Å². The number of benzene rings is 1. The molecule has 7 heteroatoms. The van der Waals surface area contributed by atoms with E-state index in [-0.39, 0.29) is 23.4 Å². The second kappa shape index (κ2) is 14.9. The number of carbonyl (C=O) groups is 1.